The predicted molar refractivity (Wildman–Crippen MR) is 71.2 cm³/mol. The number of carboxylic acid groups (broad SMARTS) is 1. The van der Waals surface area contributed by atoms with Crippen molar-refractivity contribution in [1.29, 1.82) is 0 Å². The van der Waals surface area contributed by atoms with Crippen LogP contribution in [0.1, 0.15) is 40.5 Å². The van der Waals surface area contributed by atoms with Gasteiger partial charge in [0, 0.05) is 6.04 Å². The smallest absolute Gasteiger partial charge is 0.316 e. The van der Waals surface area contributed by atoms with Crippen molar-refractivity contribution in [2.45, 2.75) is 51.8 Å². The summed E-state index contributed by atoms with van der Waals surface area (Å²) in [6, 6.07) is 0.158. The lowest BCUT2D eigenvalue weighted by atomic mass is 10.0. The SMILES string of the molecule is CC(C)CCC(C)NC(=O)CSC(C)C(=O)O. The monoisotopic (exact) mass is 261 g/mol. The van der Waals surface area contributed by atoms with Crippen LogP contribution < -0.4 is 5.32 Å². The van der Waals surface area contributed by atoms with Crippen LogP contribution in [0.5, 0.6) is 0 Å². The third-order valence-corrected chi connectivity index (χ3v) is 3.53. The molecular weight excluding hydrogens is 238 g/mol. The van der Waals surface area contributed by atoms with Gasteiger partial charge in [-0.1, -0.05) is 13.8 Å². The highest BCUT2D eigenvalue weighted by Gasteiger charge is 2.14. The van der Waals surface area contributed by atoms with Gasteiger partial charge in [-0.05, 0) is 32.6 Å². The van der Waals surface area contributed by atoms with Gasteiger partial charge in [0.25, 0.3) is 0 Å². The second kappa shape index (κ2) is 8.39. The molecule has 2 unspecified atom stereocenters. The highest BCUT2D eigenvalue weighted by atomic mass is 32.2. The van der Waals surface area contributed by atoms with E-state index < -0.39 is 11.2 Å². The van der Waals surface area contributed by atoms with E-state index in [4.69, 9.17) is 5.11 Å². The summed E-state index contributed by atoms with van der Waals surface area (Å²) in [7, 11) is 0. The van der Waals surface area contributed by atoms with Crippen LogP contribution in [0.2, 0.25) is 0 Å². The summed E-state index contributed by atoms with van der Waals surface area (Å²) < 4.78 is 0. The Balaban J connectivity index is 3.74. The van der Waals surface area contributed by atoms with E-state index in [1.165, 1.54) is 0 Å². The lowest BCUT2D eigenvalue weighted by Crippen LogP contribution is -2.34. The third-order valence-electron chi connectivity index (χ3n) is 2.40. The number of carboxylic acids is 1. The Bertz CT molecular complexity index is 256. The summed E-state index contributed by atoms with van der Waals surface area (Å²) in [6.45, 7) is 7.87. The van der Waals surface area contributed by atoms with Crippen LogP contribution in [0.3, 0.4) is 0 Å². The van der Waals surface area contributed by atoms with Crippen molar-refractivity contribution in [3.8, 4) is 0 Å². The highest BCUT2D eigenvalue weighted by Crippen LogP contribution is 2.10. The molecule has 100 valence electrons. The Hall–Kier alpha value is -0.710. The van der Waals surface area contributed by atoms with Crippen LogP contribution in [-0.4, -0.2) is 34.0 Å². The number of aliphatic carboxylic acids is 1. The summed E-state index contributed by atoms with van der Waals surface area (Å²) in [6.07, 6.45) is 2.04. The van der Waals surface area contributed by atoms with Gasteiger partial charge in [0.1, 0.15) is 0 Å². The fourth-order valence-corrected chi connectivity index (χ4v) is 1.87. The van der Waals surface area contributed by atoms with Crippen LogP contribution in [0.25, 0.3) is 0 Å². The molecule has 0 aliphatic rings. The number of amides is 1. The Labute approximate surface area is 108 Å². The second-order valence-corrected chi connectivity index (χ2v) is 6.06. The zero-order valence-electron chi connectivity index (χ0n) is 11.0. The molecule has 0 fully saturated rings. The Morgan fingerprint density at radius 2 is 1.76 bits per heavy atom. The van der Waals surface area contributed by atoms with Crippen molar-refractivity contribution in [2.24, 2.45) is 5.92 Å². The van der Waals surface area contributed by atoms with Gasteiger partial charge in [0.15, 0.2) is 0 Å². The lowest BCUT2D eigenvalue weighted by Gasteiger charge is -2.15. The highest BCUT2D eigenvalue weighted by molar-refractivity contribution is 8.01. The number of rotatable bonds is 8. The second-order valence-electron chi connectivity index (χ2n) is 4.73. The Morgan fingerprint density at radius 1 is 1.18 bits per heavy atom. The molecular formula is C12H23NO3S. The lowest BCUT2D eigenvalue weighted by molar-refractivity contribution is -0.136. The molecule has 0 rings (SSSR count). The maximum absolute atomic E-state index is 11.5. The molecule has 5 heteroatoms. The molecule has 0 aromatic heterocycles. The van der Waals surface area contributed by atoms with Gasteiger partial charge in [-0.2, -0.15) is 0 Å². The molecule has 0 heterocycles. The van der Waals surface area contributed by atoms with Crippen molar-refractivity contribution in [1.82, 2.24) is 5.32 Å². The fraction of sp³-hybridized carbons (Fsp3) is 0.833. The van der Waals surface area contributed by atoms with Crippen LogP contribution in [0.15, 0.2) is 0 Å². The average Bonchev–Trinajstić information content (AvgIpc) is 2.22. The first-order valence-corrected chi connectivity index (χ1v) is 7.01. The molecule has 4 nitrogen and oxygen atoms in total. The average molecular weight is 261 g/mol. The van der Waals surface area contributed by atoms with Crippen LogP contribution in [0.4, 0.5) is 0 Å². The summed E-state index contributed by atoms with van der Waals surface area (Å²) >= 11 is 1.15. The Morgan fingerprint density at radius 3 is 2.24 bits per heavy atom. The fourth-order valence-electron chi connectivity index (χ4n) is 1.24. The minimum Gasteiger partial charge on any atom is -0.480 e. The van der Waals surface area contributed by atoms with Crippen LogP contribution >= 0.6 is 11.8 Å². The quantitative estimate of drug-likeness (QED) is 0.702. The van der Waals surface area contributed by atoms with Gasteiger partial charge in [-0.3, -0.25) is 9.59 Å². The van der Waals surface area contributed by atoms with Gasteiger partial charge in [-0.15, -0.1) is 11.8 Å². The molecule has 0 radical (unpaired) electrons. The number of thioether (sulfide) groups is 1. The maximum Gasteiger partial charge on any atom is 0.316 e. The van der Waals surface area contributed by atoms with Crippen molar-refractivity contribution in [3.63, 3.8) is 0 Å². The molecule has 0 aliphatic heterocycles. The molecule has 1 amide bonds. The Kier molecular flexibility index (Phi) is 8.04. The van der Waals surface area contributed by atoms with Crippen molar-refractivity contribution >= 4 is 23.6 Å². The first-order chi connectivity index (χ1) is 7.82. The topological polar surface area (TPSA) is 66.4 Å². The first-order valence-electron chi connectivity index (χ1n) is 5.96. The molecule has 0 bridgehead atoms. The number of carbonyl (C=O) groups is 2. The van der Waals surface area contributed by atoms with Gasteiger partial charge < -0.3 is 10.4 Å². The van der Waals surface area contributed by atoms with Gasteiger partial charge >= 0.3 is 5.97 Å². The van der Waals surface area contributed by atoms with Gasteiger partial charge in [0.2, 0.25) is 5.91 Å². The summed E-state index contributed by atoms with van der Waals surface area (Å²) in [5.41, 5.74) is 0. The van der Waals surface area contributed by atoms with E-state index in [1.54, 1.807) is 6.92 Å². The predicted octanol–water partition coefficient (Wildman–Crippen LogP) is 2.13. The zero-order valence-corrected chi connectivity index (χ0v) is 11.8. The van der Waals surface area contributed by atoms with E-state index in [0.717, 1.165) is 24.6 Å². The minimum absolute atomic E-state index is 0.0839. The molecule has 0 aromatic rings. The number of carbonyl (C=O) groups excluding carboxylic acids is 1. The van der Waals surface area contributed by atoms with E-state index in [2.05, 4.69) is 19.2 Å². The van der Waals surface area contributed by atoms with Crippen molar-refractivity contribution in [2.75, 3.05) is 5.75 Å². The van der Waals surface area contributed by atoms with E-state index in [0.29, 0.717) is 5.92 Å². The standard InChI is InChI=1S/C12H23NO3S/c1-8(2)5-6-9(3)13-11(14)7-17-10(4)12(15)16/h8-10H,5-7H2,1-4H3,(H,13,14)(H,15,16). The summed E-state index contributed by atoms with van der Waals surface area (Å²) in [5.74, 6) is -0.120. The summed E-state index contributed by atoms with van der Waals surface area (Å²) in [5, 5.41) is 11.0. The first kappa shape index (κ1) is 16.3. The van der Waals surface area contributed by atoms with Crippen molar-refractivity contribution in [3.05, 3.63) is 0 Å². The van der Waals surface area contributed by atoms with E-state index >= 15 is 0 Å². The van der Waals surface area contributed by atoms with Crippen LogP contribution in [0, 0.1) is 5.92 Å². The molecule has 2 N–H and O–H groups in total. The van der Waals surface area contributed by atoms with Crippen molar-refractivity contribution < 1.29 is 14.7 Å². The summed E-state index contributed by atoms with van der Waals surface area (Å²) in [4.78, 5) is 22.1. The zero-order chi connectivity index (χ0) is 13.4. The number of nitrogens with one attached hydrogen (secondary N) is 1. The third kappa shape index (κ3) is 9.03. The number of hydrogen-bond acceptors (Lipinski definition) is 3. The molecule has 17 heavy (non-hydrogen) atoms. The number of hydrogen-bond donors (Lipinski definition) is 2. The molecule has 2 atom stereocenters. The van der Waals surface area contributed by atoms with E-state index in [-0.39, 0.29) is 17.7 Å². The molecule has 0 saturated heterocycles. The largest absolute Gasteiger partial charge is 0.480 e. The molecule has 0 saturated carbocycles. The maximum atomic E-state index is 11.5. The minimum atomic E-state index is -0.879. The molecule has 0 aliphatic carbocycles. The molecule has 0 aromatic carbocycles. The van der Waals surface area contributed by atoms with Gasteiger partial charge in [-0.25, -0.2) is 0 Å². The van der Waals surface area contributed by atoms with E-state index in [1.807, 2.05) is 6.92 Å². The normalized spacial score (nSPS) is 14.4. The van der Waals surface area contributed by atoms with Crippen LogP contribution in [-0.2, 0) is 9.59 Å². The molecule has 0 spiro atoms. The van der Waals surface area contributed by atoms with Gasteiger partial charge in [0.05, 0.1) is 11.0 Å². The van der Waals surface area contributed by atoms with E-state index in [9.17, 15) is 9.59 Å².